The van der Waals surface area contributed by atoms with Gasteiger partial charge in [-0.3, -0.25) is 4.79 Å². The van der Waals surface area contributed by atoms with Crippen LogP contribution in [0.1, 0.15) is 23.2 Å². The van der Waals surface area contributed by atoms with E-state index >= 15 is 0 Å². The third kappa shape index (κ3) is 3.87. The Hall–Kier alpha value is -3.73. The fourth-order valence-electron chi connectivity index (χ4n) is 4.14. The van der Waals surface area contributed by atoms with Gasteiger partial charge in [-0.2, -0.15) is 10.2 Å². The van der Waals surface area contributed by atoms with Crippen LogP contribution in [0.2, 0.25) is 0 Å². The number of carbonyl (C=O) groups is 1. The van der Waals surface area contributed by atoms with Crippen LogP contribution in [-0.2, 0) is 17.6 Å². The van der Waals surface area contributed by atoms with E-state index in [9.17, 15) is 10.1 Å². The Morgan fingerprint density at radius 2 is 2.00 bits per heavy atom. The van der Waals surface area contributed by atoms with E-state index in [1.807, 2.05) is 11.0 Å². The van der Waals surface area contributed by atoms with E-state index in [1.165, 1.54) is 23.8 Å². The number of rotatable bonds is 5. The maximum Gasteiger partial charge on any atom is 0.266 e. The Morgan fingerprint density at radius 3 is 2.77 bits per heavy atom. The molecule has 8 heteroatoms. The lowest BCUT2D eigenvalue weighted by atomic mass is 10.1. The van der Waals surface area contributed by atoms with Crippen molar-refractivity contribution < 1.29 is 18.4 Å². The first-order valence-electron chi connectivity index (χ1n) is 10.4. The minimum Gasteiger partial charge on any atom is -0.484 e. The van der Waals surface area contributed by atoms with Crippen molar-refractivity contribution in [1.82, 2.24) is 9.88 Å². The van der Waals surface area contributed by atoms with Gasteiger partial charge in [-0.15, -0.1) is 0 Å². The first-order valence-corrected chi connectivity index (χ1v) is 10.4. The third-order valence-electron chi connectivity index (χ3n) is 5.80. The number of nitrogens with zero attached hydrogens (tertiary/aromatic N) is 4. The highest BCUT2D eigenvalue weighted by Crippen LogP contribution is 2.29. The van der Waals surface area contributed by atoms with Gasteiger partial charge in [0, 0.05) is 26.2 Å². The van der Waals surface area contributed by atoms with Crippen LogP contribution in [0.5, 0.6) is 5.75 Å². The highest BCUT2D eigenvalue weighted by molar-refractivity contribution is 5.78. The van der Waals surface area contributed by atoms with E-state index in [4.69, 9.17) is 13.6 Å². The van der Waals surface area contributed by atoms with Crippen molar-refractivity contribution in [2.75, 3.05) is 37.7 Å². The standard InChI is InChI=1S/C23H22N4O4/c24-14-19-23(31-22(25-19)20-5-2-12-29-20)27-10-8-26(9-11-27)21(28)15-30-18-7-6-16-3-1-4-17(16)13-18/h2,5-7,12-13H,1,3-4,8-11,15H2. The van der Waals surface area contributed by atoms with E-state index in [2.05, 4.69) is 23.2 Å². The molecule has 3 heterocycles. The minimum atomic E-state index is -0.0468. The van der Waals surface area contributed by atoms with Crippen LogP contribution in [-0.4, -0.2) is 48.6 Å². The normalized spacial score (nSPS) is 15.6. The maximum absolute atomic E-state index is 12.6. The number of hydrogen-bond donors (Lipinski definition) is 0. The van der Waals surface area contributed by atoms with Crippen molar-refractivity contribution in [3.63, 3.8) is 0 Å². The van der Waals surface area contributed by atoms with E-state index in [0.29, 0.717) is 37.8 Å². The lowest BCUT2D eigenvalue weighted by molar-refractivity contribution is -0.133. The number of fused-ring (bicyclic) bond motifs is 1. The Kier molecular flexibility index (Phi) is 5.08. The second-order valence-electron chi connectivity index (χ2n) is 7.70. The van der Waals surface area contributed by atoms with Gasteiger partial charge >= 0.3 is 0 Å². The smallest absolute Gasteiger partial charge is 0.266 e. The second-order valence-corrected chi connectivity index (χ2v) is 7.70. The summed E-state index contributed by atoms with van der Waals surface area (Å²) in [6.45, 7) is 2.16. The molecule has 0 bridgehead atoms. The molecule has 0 spiro atoms. The molecule has 158 valence electrons. The summed E-state index contributed by atoms with van der Waals surface area (Å²) in [5.41, 5.74) is 2.92. The molecule has 31 heavy (non-hydrogen) atoms. The van der Waals surface area contributed by atoms with Crippen LogP contribution in [0.3, 0.4) is 0 Å². The van der Waals surface area contributed by atoms with Crippen LogP contribution in [0.4, 0.5) is 5.88 Å². The number of carbonyl (C=O) groups excluding carboxylic acids is 1. The van der Waals surface area contributed by atoms with Gasteiger partial charge in [0.2, 0.25) is 11.6 Å². The van der Waals surface area contributed by atoms with E-state index in [-0.39, 0.29) is 24.1 Å². The molecular weight excluding hydrogens is 396 g/mol. The summed E-state index contributed by atoms with van der Waals surface area (Å²) in [5.74, 6) is 1.86. The van der Waals surface area contributed by atoms with E-state index in [1.54, 1.807) is 17.0 Å². The lowest BCUT2D eigenvalue weighted by Crippen LogP contribution is -2.50. The molecule has 2 aromatic heterocycles. The molecule has 0 unspecified atom stereocenters. The zero-order valence-electron chi connectivity index (χ0n) is 17.0. The number of furan rings is 1. The van der Waals surface area contributed by atoms with Gasteiger partial charge in [0.25, 0.3) is 11.8 Å². The quantitative estimate of drug-likeness (QED) is 0.628. The number of aryl methyl sites for hydroxylation is 2. The number of hydrogen-bond acceptors (Lipinski definition) is 7. The van der Waals surface area contributed by atoms with Crippen LogP contribution in [0, 0.1) is 11.3 Å². The number of aromatic nitrogens is 1. The average molecular weight is 418 g/mol. The highest BCUT2D eigenvalue weighted by Gasteiger charge is 2.27. The SMILES string of the molecule is N#Cc1nc(-c2ccco2)oc1N1CCN(C(=O)COc2ccc3c(c2)CCC3)CC1. The Bertz CT molecular complexity index is 1120. The molecular formula is C23H22N4O4. The van der Waals surface area contributed by atoms with Crippen molar-refractivity contribution in [2.24, 2.45) is 0 Å². The number of anilines is 1. The summed E-state index contributed by atoms with van der Waals surface area (Å²) in [4.78, 5) is 20.5. The Balaban J connectivity index is 1.18. The number of benzene rings is 1. The molecule has 3 aromatic rings. The number of oxazole rings is 1. The molecule has 0 radical (unpaired) electrons. The van der Waals surface area contributed by atoms with Crippen LogP contribution < -0.4 is 9.64 Å². The van der Waals surface area contributed by atoms with Gasteiger partial charge in [-0.25, -0.2) is 0 Å². The summed E-state index contributed by atoms with van der Waals surface area (Å²) < 4.78 is 16.9. The number of nitriles is 1. The Morgan fingerprint density at radius 1 is 1.16 bits per heavy atom. The number of ether oxygens (including phenoxy) is 1. The summed E-state index contributed by atoms with van der Waals surface area (Å²) in [7, 11) is 0. The summed E-state index contributed by atoms with van der Waals surface area (Å²) >= 11 is 0. The van der Waals surface area contributed by atoms with Crippen LogP contribution in [0.25, 0.3) is 11.7 Å². The summed E-state index contributed by atoms with van der Waals surface area (Å²) in [6.07, 6.45) is 4.92. The Labute approximate surface area is 179 Å². The molecule has 5 rings (SSSR count). The predicted molar refractivity (Wildman–Crippen MR) is 112 cm³/mol. The third-order valence-corrected chi connectivity index (χ3v) is 5.80. The fraction of sp³-hybridized carbons (Fsp3) is 0.348. The maximum atomic E-state index is 12.6. The first-order chi connectivity index (χ1) is 15.2. The van der Waals surface area contributed by atoms with Crippen LogP contribution >= 0.6 is 0 Å². The van der Waals surface area contributed by atoms with Crippen LogP contribution in [0.15, 0.2) is 45.4 Å². The highest BCUT2D eigenvalue weighted by atomic mass is 16.5. The molecule has 1 aliphatic carbocycles. The van der Waals surface area contributed by atoms with Crippen molar-refractivity contribution >= 4 is 11.8 Å². The van der Waals surface area contributed by atoms with Crippen molar-refractivity contribution in [2.45, 2.75) is 19.3 Å². The molecule has 1 amide bonds. The second kappa shape index (κ2) is 8.19. The van der Waals surface area contributed by atoms with Gasteiger partial charge in [0.05, 0.1) is 6.26 Å². The monoisotopic (exact) mass is 418 g/mol. The van der Waals surface area contributed by atoms with Gasteiger partial charge < -0.3 is 23.4 Å². The van der Waals surface area contributed by atoms with Gasteiger partial charge in [0.1, 0.15) is 11.8 Å². The minimum absolute atomic E-state index is 0.0210. The molecule has 1 saturated heterocycles. The molecule has 0 saturated carbocycles. The fourth-order valence-corrected chi connectivity index (χ4v) is 4.14. The molecule has 1 fully saturated rings. The molecule has 1 aliphatic heterocycles. The summed E-state index contributed by atoms with van der Waals surface area (Å²) in [6, 6.07) is 11.6. The molecule has 1 aromatic carbocycles. The van der Waals surface area contributed by atoms with Gasteiger partial charge in [0.15, 0.2) is 12.4 Å². The van der Waals surface area contributed by atoms with Gasteiger partial charge in [-0.05, 0) is 54.7 Å². The van der Waals surface area contributed by atoms with Gasteiger partial charge in [-0.1, -0.05) is 6.07 Å². The summed E-state index contributed by atoms with van der Waals surface area (Å²) in [5, 5.41) is 9.43. The average Bonchev–Trinajstić information content (AvgIpc) is 3.57. The first kappa shape index (κ1) is 19.2. The predicted octanol–water partition coefficient (Wildman–Crippen LogP) is 3.02. The van der Waals surface area contributed by atoms with E-state index < -0.39 is 0 Å². The zero-order valence-corrected chi connectivity index (χ0v) is 17.0. The lowest BCUT2D eigenvalue weighted by Gasteiger charge is -2.34. The van der Waals surface area contributed by atoms with Crippen molar-refractivity contribution in [1.29, 1.82) is 5.26 Å². The molecule has 8 nitrogen and oxygen atoms in total. The number of amides is 1. The largest absolute Gasteiger partial charge is 0.484 e. The molecule has 2 aliphatic rings. The van der Waals surface area contributed by atoms with Crippen molar-refractivity contribution in [3.8, 4) is 23.5 Å². The number of piperazine rings is 1. The molecule has 0 atom stereocenters. The topological polar surface area (TPSA) is 95.7 Å². The van der Waals surface area contributed by atoms with E-state index in [0.717, 1.165) is 18.6 Å². The van der Waals surface area contributed by atoms with Crippen molar-refractivity contribution in [3.05, 3.63) is 53.4 Å². The zero-order chi connectivity index (χ0) is 21.2. The molecule has 0 N–H and O–H groups in total.